The quantitative estimate of drug-likeness (QED) is 0.657. The number of anilines is 2. The molecule has 3 rings (SSSR count). The molecular weight excluding hydrogens is 338 g/mol. The van der Waals surface area contributed by atoms with Crippen molar-refractivity contribution in [1.29, 1.82) is 0 Å². The van der Waals surface area contributed by atoms with Crippen LogP contribution in [-0.2, 0) is 0 Å². The van der Waals surface area contributed by atoms with E-state index in [2.05, 4.69) is 39.2 Å². The lowest BCUT2D eigenvalue weighted by Gasteiger charge is -2.22. The molecule has 0 unspecified atom stereocenters. The monoisotopic (exact) mass is 363 g/mol. The summed E-state index contributed by atoms with van der Waals surface area (Å²) in [6.45, 7) is 8.12. The van der Waals surface area contributed by atoms with Gasteiger partial charge in [-0.3, -0.25) is 9.89 Å². The van der Waals surface area contributed by atoms with Gasteiger partial charge in [0.05, 0.1) is 0 Å². The van der Waals surface area contributed by atoms with E-state index in [1.807, 2.05) is 55.5 Å². The Morgan fingerprint density at radius 1 is 1.15 bits per heavy atom. The zero-order chi connectivity index (χ0) is 19.2. The van der Waals surface area contributed by atoms with E-state index in [1.165, 1.54) is 0 Å². The summed E-state index contributed by atoms with van der Waals surface area (Å²) in [5, 5.41) is 9.93. The Balaban J connectivity index is 1.72. The molecule has 27 heavy (non-hydrogen) atoms. The normalized spacial score (nSPS) is 10.6. The lowest BCUT2D eigenvalue weighted by atomic mass is 10.1. The Kier molecular flexibility index (Phi) is 5.86. The van der Waals surface area contributed by atoms with Crippen LogP contribution in [0, 0.1) is 6.92 Å². The molecule has 0 bridgehead atoms. The first-order chi connectivity index (χ1) is 13.1. The molecule has 140 valence electrons. The summed E-state index contributed by atoms with van der Waals surface area (Å²) in [6, 6.07) is 15.3. The molecule has 1 amide bonds. The Hall–Kier alpha value is -3.15. The van der Waals surface area contributed by atoms with Gasteiger partial charge < -0.3 is 10.2 Å². The van der Waals surface area contributed by atoms with Crippen LogP contribution in [0.2, 0.25) is 0 Å². The third-order valence-electron chi connectivity index (χ3n) is 4.35. The molecule has 2 aromatic carbocycles. The first-order valence-electron chi connectivity index (χ1n) is 9.26. The van der Waals surface area contributed by atoms with Crippen molar-refractivity contribution in [3.63, 3.8) is 0 Å². The SMILES string of the molecule is CCCN(CC)c1ccc(C(=O)Nc2cccc(-c3n[nH]c(C)n3)c2)cc1. The Morgan fingerprint density at radius 2 is 1.93 bits per heavy atom. The van der Waals surface area contributed by atoms with Crippen LogP contribution < -0.4 is 10.2 Å². The number of aromatic amines is 1. The van der Waals surface area contributed by atoms with Crippen molar-refractivity contribution < 1.29 is 4.79 Å². The molecule has 1 heterocycles. The number of carbonyl (C=O) groups excluding carboxylic acids is 1. The number of H-pyrrole nitrogens is 1. The van der Waals surface area contributed by atoms with Crippen molar-refractivity contribution >= 4 is 17.3 Å². The second kappa shape index (κ2) is 8.49. The van der Waals surface area contributed by atoms with Gasteiger partial charge in [-0.15, -0.1) is 0 Å². The predicted molar refractivity (Wildman–Crippen MR) is 109 cm³/mol. The Morgan fingerprint density at radius 3 is 2.56 bits per heavy atom. The highest BCUT2D eigenvalue weighted by Gasteiger charge is 2.10. The molecule has 3 aromatic rings. The molecule has 0 fully saturated rings. The van der Waals surface area contributed by atoms with Crippen LogP contribution in [-0.4, -0.2) is 34.2 Å². The fourth-order valence-electron chi connectivity index (χ4n) is 2.97. The van der Waals surface area contributed by atoms with Crippen LogP contribution in [0.3, 0.4) is 0 Å². The number of aryl methyl sites for hydroxylation is 1. The molecule has 0 saturated heterocycles. The number of nitrogens with one attached hydrogen (secondary N) is 2. The molecule has 0 saturated carbocycles. The minimum Gasteiger partial charge on any atom is -0.372 e. The average molecular weight is 363 g/mol. The predicted octanol–water partition coefficient (Wildman–Crippen LogP) is 4.27. The molecule has 0 atom stereocenters. The summed E-state index contributed by atoms with van der Waals surface area (Å²) in [7, 11) is 0. The third kappa shape index (κ3) is 4.53. The lowest BCUT2D eigenvalue weighted by molar-refractivity contribution is 0.102. The number of hydrogen-bond acceptors (Lipinski definition) is 4. The number of aromatic nitrogens is 3. The van der Waals surface area contributed by atoms with E-state index in [0.29, 0.717) is 17.1 Å². The van der Waals surface area contributed by atoms with Gasteiger partial charge in [-0.05, 0) is 56.7 Å². The number of nitrogens with zero attached hydrogens (tertiary/aromatic N) is 3. The number of benzene rings is 2. The lowest BCUT2D eigenvalue weighted by Crippen LogP contribution is -2.23. The molecule has 0 aliphatic heterocycles. The van der Waals surface area contributed by atoms with Crippen LogP contribution >= 0.6 is 0 Å². The van der Waals surface area contributed by atoms with Gasteiger partial charge >= 0.3 is 0 Å². The highest BCUT2D eigenvalue weighted by atomic mass is 16.1. The summed E-state index contributed by atoms with van der Waals surface area (Å²) >= 11 is 0. The molecule has 0 aliphatic rings. The molecule has 2 N–H and O–H groups in total. The Labute approximate surface area is 159 Å². The fourth-order valence-corrected chi connectivity index (χ4v) is 2.97. The van der Waals surface area contributed by atoms with Gasteiger partial charge in [0, 0.05) is 35.6 Å². The summed E-state index contributed by atoms with van der Waals surface area (Å²) in [6.07, 6.45) is 1.09. The van der Waals surface area contributed by atoms with Crippen molar-refractivity contribution in [1.82, 2.24) is 15.2 Å². The van der Waals surface area contributed by atoms with Gasteiger partial charge in [-0.1, -0.05) is 19.1 Å². The van der Waals surface area contributed by atoms with Crippen molar-refractivity contribution in [2.75, 3.05) is 23.3 Å². The van der Waals surface area contributed by atoms with Crippen LogP contribution in [0.15, 0.2) is 48.5 Å². The topological polar surface area (TPSA) is 73.9 Å². The van der Waals surface area contributed by atoms with E-state index >= 15 is 0 Å². The third-order valence-corrected chi connectivity index (χ3v) is 4.35. The highest BCUT2D eigenvalue weighted by Crippen LogP contribution is 2.21. The number of carbonyl (C=O) groups is 1. The number of amides is 1. The zero-order valence-corrected chi connectivity index (χ0v) is 16.0. The summed E-state index contributed by atoms with van der Waals surface area (Å²) < 4.78 is 0. The molecule has 6 heteroatoms. The second-order valence-electron chi connectivity index (χ2n) is 6.41. The number of hydrogen-bond donors (Lipinski definition) is 2. The summed E-state index contributed by atoms with van der Waals surface area (Å²) in [5.74, 6) is 1.23. The van der Waals surface area contributed by atoms with E-state index < -0.39 is 0 Å². The molecular formula is C21H25N5O. The van der Waals surface area contributed by atoms with Gasteiger partial charge in [-0.2, -0.15) is 5.10 Å². The van der Waals surface area contributed by atoms with Crippen LogP contribution in [0.1, 0.15) is 36.5 Å². The van der Waals surface area contributed by atoms with Crippen molar-refractivity contribution in [3.05, 3.63) is 59.9 Å². The van der Waals surface area contributed by atoms with E-state index in [-0.39, 0.29) is 5.91 Å². The average Bonchev–Trinajstić information content (AvgIpc) is 3.13. The molecule has 1 aromatic heterocycles. The molecule has 0 radical (unpaired) electrons. The van der Waals surface area contributed by atoms with Gasteiger partial charge in [0.25, 0.3) is 5.91 Å². The maximum Gasteiger partial charge on any atom is 0.255 e. The minimum atomic E-state index is -0.136. The largest absolute Gasteiger partial charge is 0.372 e. The summed E-state index contributed by atoms with van der Waals surface area (Å²) in [4.78, 5) is 19.2. The van der Waals surface area contributed by atoms with Gasteiger partial charge in [0.1, 0.15) is 5.82 Å². The smallest absolute Gasteiger partial charge is 0.255 e. The fraction of sp³-hybridized carbons (Fsp3) is 0.286. The van der Waals surface area contributed by atoms with Crippen LogP contribution in [0.4, 0.5) is 11.4 Å². The van der Waals surface area contributed by atoms with E-state index in [1.54, 1.807) is 0 Å². The van der Waals surface area contributed by atoms with E-state index in [4.69, 9.17) is 0 Å². The van der Waals surface area contributed by atoms with E-state index in [9.17, 15) is 4.79 Å². The first-order valence-corrected chi connectivity index (χ1v) is 9.26. The number of rotatable bonds is 7. The van der Waals surface area contributed by atoms with Crippen molar-refractivity contribution in [3.8, 4) is 11.4 Å². The molecule has 6 nitrogen and oxygen atoms in total. The van der Waals surface area contributed by atoms with E-state index in [0.717, 1.165) is 36.6 Å². The minimum absolute atomic E-state index is 0.136. The van der Waals surface area contributed by atoms with Crippen molar-refractivity contribution in [2.24, 2.45) is 0 Å². The maximum atomic E-state index is 12.6. The van der Waals surface area contributed by atoms with Gasteiger partial charge in [0.15, 0.2) is 5.82 Å². The maximum absolute atomic E-state index is 12.6. The Bertz CT molecular complexity index is 901. The molecule has 0 aliphatic carbocycles. The van der Waals surface area contributed by atoms with Crippen LogP contribution in [0.5, 0.6) is 0 Å². The van der Waals surface area contributed by atoms with Crippen LogP contribution in [0.25, 0.3) is 11.4 Å². The highest BCUT2D eigenvalue weighted by molar-refractivity contribution is 6.04. The van der Waals surface area contributed by atoms with Crippen molar-refractivity contribution in [2.45, 2.75) is 27.2 Å². The first kappa shape index (κ1) is 18.6. The van der Waals surface area contributed by atoms with Gasteiger partial charge in [0.2, 0.25) is 0 Å². The summed E-state index contributed by atoms with van der Waals surface area (Å²) in [5.41, 5.74) is 3.33. The van der Waals surface area contributed by atoms with Gasteiger partial charge in [-0.25, -0.2) is 4.98 Å². The standard InChI is InChI=1S/C21H25N5O/c1-4-13-26(5-2)19-11-9-16(10-12-19)21(27)23-18-8-6-7-17(14-18)20-22-15(3)24-25-20/h6-12,14H,4-5,13H2,1-3H3,(H,23,27)(H,22,24,25). The molecule has 0 spiro atoms. The zero-order valence-electron chi connectivity index (χ0n) is 16.0. The second-order valence-corrected chi connectivity index (χ2v) is 6.41.